The van der Waals surface area contributed by atoms with Crippen molar-refractivity contribution in [2.75, 3.05) is 13.1 Å². The molecule has 9 nitrogen and oxygen atoms in total. The standard InChI is InChI=1S/C4H6N6O3/c11-7-9-3-4(6-2-1-5-3)10(8-12)13-9/h5-6H,1-2H2. The van der Waals surface area contributed by atoms with E-state index in [4.69, 9.17) is 0 Å². The smallest absolute Gasteiger partial charge is 0.204 e. The lowest BCUT2D eigenvalue weighted by Crippen LogP contribution is -2.38. The molecule has 0 aromatic rings. The summed E-state index contributed by atoms with van der Waals surface area (Å²) in [5, 5.41) is 12.0. The van der Waals surface area contributed by atoms with Gasteiger partial charge in [-0.3, -0.25) is 0 Å². The van der Waals surface area contributed by atoms with Crippen LogP contribution in [0, 0.1) is 9.81 Å². The molecule has 0 spiro atoms. The van der Waals surface area contributed by atoms with E-state index in [0.29, 0.717) is 35.1 Å². The summed E-state index contributed by atoms with van der Waals surface area (Å²) >= 11 is 0. The Bertz CT molecular complexity index is 251. The van der Waals surface area contributed by atoms with Crippen molar-refractivity contribution in [1.82, 2.24) is 21.0 Å². The van der Waals surface area contributed by atoms with Crippen molar-refractivity contribution >= 4 is 0 Å². The number of hydrogen-bond donors (Lipinski definition) is 2. The molecule has 0 unspecified atom stereocenters. The fourth-order valence-electron chi connectivity index (χ4n) is 1.11. The van der Waals surface area contributed by atoms with E-state index in [1.807, 2.05) is 0 Å². The molecule has 0 amide bonds. The molecule has 2 aliphatic heterocycles. The van der Waals surface area contributed by atoms with Gasteiger partial charge in [0, 0.05) is 13.1 Å². The van der Waals surface area contributed by atoms with Crippen molar-refractivity contribution in [3.8, 4) is 0 Å². The molecule has 2 N–H and O–H groups in total. The topological polar surface area (TPSA) is 98.6 Å². The van der Waals surface area contributed by atoms with Gasteiger partial charge < -0.3 is 10.6 Å². The zero-order chi connectivity index (χ0) is 9.26. The van der Waals surface area contributed by atoms with Gasteiger partial charge in [-0.05, 0) is 0 Å². The van der Waals surface area contributed by atoms with Crippen LogP contribution in [0.4, 0.5) is 0 Å². The first kappa shape index (κ1) is 7.73. The molecule has 0 radical (unpaired) electrons. The van der Waals surface area contributed by atoms with Crippen LogP contribution in [0.3, 0.4) is 0 Å². The van der Waals surface area contributed by atoms with Crippen LogP contribution < -0.4 is 10.6 Å². The minimum absolute atomic E-state index is 0.292. The number of nitrogens with zero attached hydrogens (tertiary/aromatic N) is 4. The van der Waals surface area contributed by atoms with Gasteiger partial charge >= 0.3 is 0 Å². The minimum atomic E-state index is 0.292. The van der Waals surface area contributed by atoms with E-state index in [1.54, 1.807) is 0 Å². The van der Waals surface area contributed by atoms with Crippen molar-refractivity contribution < 1.29 is 4.94 Å². The predicted molar refractivity (Wildman–Crippen MR) is 39.4 cm³/mol. The van der Waals surface area contributed by atoms with Crippen molar-refractivity contribution in [2.45, 2.75) is 0 Å². The third-order valence-electron chi connectivity index (χ3n) is 1.62. The second kappa shape index (κ2) is 2.86. The van der Waals surface area contributed by atoms with Crippen LogP contribution >= 0.6 is 0 Å². The van der Waals surface area contributed by atoms with Crippen molar-refractivity contribution in [3.63, 3.8) is 0 Å². The van der Waals surface area contributed by atoms with E-state index in [2.05, 4.69) is 26.1 Å². The molecule has 0 fully saturated rings. The Kier molecular flexibility index (Phi) is 1.70. The Morgan fingerprint density at radius 2 is 1.54 bits per heavy atom. The van der Waals surface area contributed by atoms with Gasteiger partial charge in [-0.2, -0.15) is 0 Å². The molecular formula is C4H6N6O3. The molecule has 9 heteroatoms. The molecule has 2 heterocycles. The van der Waals surface area contributed by atoms with Gasteiger partial charge in [-0.25, -0.2) is 0 Å². The predicted octanol–water partition coefficient (Wildman–Crippen LogP) is -0.867. The normalized spacial score (nSPS) is 20.6. The van der Waals surface area contributed by atoms with Crippen LogP contribution in [0.1, 0.15) is 0 Å². The van der Waals surface area contributed by atoms with E-state index >= 15 is 0 Å². The van der Waals surface area contributed by atoms with Crippen LogP contribution in [0.25, 0.3) is 0 Å². The Morgan fingerprint density at radius 3 is 1.92 bits per heavy atom. The molecule has 70 valence electrons. The molecule has 2 aliphatic rings. The van der Waals surface area contributed by atoms with Gasteiger partial charge in [0.1, 0.15) is 0 Å². The average molecular weight is 186 g/mol. The van der Waals surface area contributed by atoms with Gasteiger partial charge in [0.15, 0.2) is 0 Å². The SMILES string of the molecule is O=NN1ON(N=O)C2=C1NCCN2. The second-order valence-electron chi connectivity index (χ2n) is 2.34. The highest BCUT2D eigenvalue weighted by atomic mass is 16.9. The van der Waals surface area contributed by atoms with Crippen molar-refractivity contribution in [1.29, 1.82) is 0 Å². The monoisotopic (exact) mass is 186 g/mol. The van der Waals surface area contributed by atoms with Gasteiger partial charge in [0.2, 0.25) is 11.6 Å². The van der Waals surface area contributed by atoms with Crippen molar-refractivity contribution in [2.24, 2.45) is 10.6 Å². The fraction of sp³-hybridized carbons (Fsp3) is 0.500. The third-order valence-corrected chi connectivity index (χ3v) is 1.62. The van der Waals surface area contributed by atoms with Gasteiger partial charge in [0.25, 0.3) is 0 Å². The van der Waals surface area contributed by atoms with Gasteiger partial charge in [0.05, 0.1) is 10.6 Å². The van der Waals surface area contributed by atoms with Crippen LogP contribution in [0.15, 0.2) is 22.2 Å². The maximum absolute atomic E-state index is 10.2. The van der Waals surface area contributed by atoms with E-state index in [1.165, 1.54) is 0 Å². The number of rotatable bonds is 2. The largest absolute Gasteiger partial charge is 0.363 e. The summed E-state index contributed by atoms with van der Waals surface area (Å²) in [7, 11) is 0. The Labute approximate surface area is 72.1 Å². The van der Waals surface area contributed by atoms with Gasteiger partial charge in [-0.1, -0.05) is 15.3 Å². The van der Waals surface area contributed by atoms with Crippen LogP contribution in [-0.4, -0.2) is 23.4 Å². The molecule has 0 saturated heterocycles. The molecule has 0 bridgehead atoms. The lowest BCUT2D eigenvalue weighted by Gasteiger charge is -2.16. The number of nitrogens with one attached hydrogen (secondary N) is 2. The molecule has 0 aromatic carbocycles. The summed E-state index contributed by atoms with van der Waals surface area (Å²) in [6.07, 6.45) is 0. The molecule has 0 aromatic heterocycles. The summed E-state index contributed by atoms with van der Waals surface area (Å²) in [6, 6.07) is 0. The molecule has 0 atom stereocenters. The summed E-state index contributed by atoms with van der Waals surface area (Å²) < 4.78 is 0. The Balaban J connectivity index is 2.29. The fourth-order valence-corrected chi connectivity index (χ4v) is 1.11. The van der Waals surface area contributed by atoms with Crippen LogP contribution in [0.5, 0.6) is 0 Å². The molecule has 0 aliphatic carbocycles. The third kappa shape index (κ3) is 1.05. The molecule has 2 rings (SSSR count). The number of hydrogen-bond acceptors (Lipinski definition) is 7. The van der Waals surface area contributed by atoms with E-state index < -0.39 is 0 Å². The quantitative estimate of drug-likeness (QED) is 0.541. The summed E-state index contributed by atoms with van der Waals surface area (Å²) in [5.74, 6) is 0.585. The molecular weight excluding hydrogens is 180 g/mol. The van der Waals surface area contributed by atoms with E-state index in [9.17, 15) is 9.81 Å². The summed E-state index contributed by atoms with van der Waals surface area (Å²) in [4.78, 5) is 25.0. The van der Waals surface area contributed by atoms with Crippen molar-refractivity contribution in [3.05, 3.63) is 21.5 Å². The highest BCUT2D eigenvalue weighted by molar-refractivity contribution is 5.11. The second-order valence-corrected chi connectivity index (χ2v) is 2.34. The number of nitroso groups, excluding NO2 is 2. The highest BCUT2D eigenvalue weighted by Crippen LogP contribution is 2.22. The van der Waals surface area contributed by atoms with E-state index in [-0.39, 0.29) is 0 Å². The van der Waals surface area contributed by atoms with Crippen LogP contribution in [-0.2, 0) is 4.94 Å². The lowest BCUT2D eigenvalue weighted by atomic mass is 10.4. The highest BCUT2D eigenvalue weighted by Gasteiger charge is 2.35. The average Bonchev–Trinajstić information content (AvgIpc) is 2.56. The number of hydroxylamine groups is 2. The maximum Gasteiger partial charge on any atom is 0.204 e. The first-order chi connectivity index (χ1) is 6.36. The zero-order valence-corrected chi connectivity index (χ0v) is 6.43. The first-order valence-corrected chi connectivity index (χ1v) is 3.53. The molecule has 13 heavy (non-hydrogen) atoms. The Hall–Kier alpha value is -1.90. The first-order valence-electron chi connectivity index (χ1n) is 3.53. The van der Waals surface area contributed by atoms with Gasteiger partial charge in [-0.15, -0.1) is 9.81 Å². The lowest BCUT2D eigenvalue weighted by molar-refractivity contribution is -0.271. The summed E-state index contributed by atoms with van der Waals surface area (Å²) in [6.45, 7) is 1.22. The maximum atomic E-state index is 10.2. The minimum Gasteiger partial charge on any atom is -0.363 e. The van der Waals surface area contributed by atoms with Crippen LogP contribution in [0.2, 0.25) is 0 Å². The zero-order valence-electron chi connectivity index (χ0n) is 6.43. The Morgan fingerprint density at radius 1 is 1.08 bits per heavy atom. The summed E-state index contributed by atoms with van der Waals surface area (Å²) in [5.41, 5.74) is 0. The molecule has 0 saturated carbocycles. The van der Waals surface area contributed by atoms with E-state index in [0.717, 1.165) is 0 Å².